The van der Waals surface area contributed by atoms with Crippen molar-refractivity contribution in [3.05, 3.63) is 35.7 Å². The van der Waals surface area contributed by atoms with Gasteiger partial charge in [0.05, 0.1) is 5.75 Å². The summed E-state index contributed by atoms with van der Waals surface area (Å²) in [6.45, 7) is 7.62. The van der Waals surface area contributed by atoms with Crippen LogP contribution in [0.5, 0.6) is 5.75 Å². The topological polar surface area (TPSA) is 60.3 Å². The van der Waals surface area contributed by atoms with Crippen molar-refractivity contribution in [2.45, 2.75) is 64.4 Å². The Morgan fingerprint density at radius 3 is 2.61 bits per heavy atom. The number of amides is 1. The Bertz CT molecular complexity index is 784. The Morgan fingerprint density at radius 1 is 1.29 bits per heavy atom. The Morgan fingerprint density at radius 2 is 2.00 bits per heavy atom. The van der Waals surface area contributed by atoms with Crippen molar-refractivity contribution in [1.29, 1.82) is 0 Å². The third-order valence-corrected chi connectivity index (χ3v) is 5.80. The fourth-order valence-corrected chi connectivity index (χ4v) is 3.83. The van der Waals surface area contributed by atoms with E-state index in [0.29, 0.717) is 24.3 Å². The molecule has 1 aliphatic rings. The molecule has 1 aliphatic carbocycles. The van der Waals surface area contributed by atoms with Crippen LogP contribution in [-0.4, -0.2) is 44.4 Å². The van der Waals surface area contributed by atoms with Gasteiger partial charge in [0.15, 0.2) is 11.0 Å². The SMILES string of the molecule is CCc1ccc(OCc2nnc(SCC(=O)N(C)C3CC3)n2CC(C)C)cc1. The summed E-state index contributed by atoms with van der Waals surface area (Å²) >= 11 is 1.46. The third-order valence-electron chi connectivity index (χ3n) is 4.85. The number of aryl methyl sites for hydroxylation is 1. The molecule has 2 aromatic rings. The van der Waals surface area contributed by atoms with E-state index >= 15 is 0 Å². The van der Waals surface area contributed by atoms with Crippen molar-refractivity contribution in [1.82, 2.24) is 19.7 Å². The van der Waals surface area contributed by atoms with E-state index in [-0.39, 0.29) is 5.91 Å². The number of hydrogen-bond acceptors (Lipinski definition) is 5. The van der Waals surface area contributed by atoms with Crippen LogP contribution >= 0.6 is 11.8 Å². The van der Waals surface area contributed by atoms with Gasteiger partial charge in [0.1, 0.15) is 12.4 Å². The number of carbonyl (C=O) groups excluding carboxylic acids is 1. The zero-order valence-corrected chi connectivity index (χ0v) is 18.0. The van der Waals surface area contributed by atoms with Gasteiger partial charge in [-0.05, 0) is 42.9 Å². The molecule has 152 valence electrons. The zero-order valence-electron chi connectivity index (χ0n) is 17.2. The first kappa shape index (κ1) is 20.7. The number of nitrogens with zero attached hydrogens (tertiary/aromatic N) is 4. The zero-order chi connectivity index (χ0) is 20.1. The monoisotopic (exact) mass is 402 g/mol. The van der Waals surface area contributed by atoms with E-state index < -0.39 is 0 Å². The normalized spacial score (nSPS) is 13.8. The van der Waals surface area contributed by atoms with Crippen LogP contribution in [0.15, 0.2) is 29.4 Å². The van der Waals surface area contributed by atoms with Crippen LogP contribution in [0.4, 0.5) is 0 Å². The molecule has 0 N–H and O–H groups in total. The minimum Gasteiger partial charge on any atom is -0.486 e. The molecule has 3 rings (SSSR count). The lowest BCUT2D eigenvalue weighted by Gasteiger charge is -2.16. The molecule has 6 nitrogen and oxygen atoms in total. The minimum absolute atomic E-state index is 0.153. The van der Waals surface area contributed by atoms with Crippen LogP contribution in [-0.2, 0) is 24.4 Å². The molecule has 0 radical (unpaired) electrons. The number of ether oxygens (including phenoxy) is 1. The van der Waals surface area contributed by atoms with Crippen molar-refractivity contribution in [2.24, 2.45) is 5.92 Å². The summed E-state index contributed by atoms with van der Waals surface area (Å²) in [6.07, 6.45) is 3.26. The number of thioether (sulfide) groups is 1. The lowest BCUT2D eigenvalue weighted by molar-refractivity contribution is -0.127. The lowest BCUT2D eigenvalue weighted by Crippen LogP contribution is -2.30. The lowest BCUT2D eigenvalue weighted by atomic mass is 10.2. The van der Waals surface area contributed by atoms with E-state index in [1.54, 1.807) is 0 Å². The average molecular weight is 403 g/mol. The molecular weight excluding hydrogens is 372 g/mol. The summed E-state index contributed by atoms with van der Waals surface area (Å²) in [5, 5.41) is 9.44. The van der Waals surface area contributed by atoms with Gasteiger partial charge in [-0.1, -0.05) is 44.7 Å². The standard InChI is InChI=1S/C21H30N4O2S/c1-5-16-6-10-18(11-7-16)27-13-19-22-23-21(25(19)12-15(2)3)28-14-20(26)24(4)17-8-9-17/h6-7,10-11,15,17H,5,8-9,12-14H2,1-4H3. The van der Waals surface area contributed by atoms with Gasteiger partial charge in [0.25, 0.3) is 0 Å². The number of carbonyl (C=O) groups is 1. The molecule has 1 aromatic carbocycles. The first-order chi connectivity index (χ1) is 13.5. The first-order valence-electron chi connectivity index (χ1n) is 10.00. The van der Waals surface area contributed by atoms with Gasteiger partial charge in [0, 0.05) is 19.6 Å². The minimum atomic E-state index is 0.153. The highest BCUT2D eigenvalue weighted by Crippen LogP contribution is 2.27. The maximum absolute atomic E-state index is 12.3. The molecule has 0 aliphatic heterocycles. The third kappa shape index (κ3) is 5.50. The summed E-state index contributed by atoms with van der Waals surface area (Å²) < 4.78 is 8.01. The maximum Gasteiger partial charge on any atom is 0.233 e. The highest BCUT2D eigenvalue weighted by molar-refractivity contribution is 7.99. The van der Waals surface area contributed by atoms with Crippen LogP contribution in [0.2, 0.25) is 0 Å². The van der Waals surface area contributed by atoms with Gasteiger partial charge >= 0.3 is 0 Å². The summed E-state index contributed by atoms with van der Waals surface area (Å²) in [4.78, 5) is 14.2. The number of rotatable bonds is 10. The Hall–Kier alpha value is -2.02. The second-order valence-corrected chi connectivity index (χ2v) is 8.66. The molecule has 1 heterocycles. The average Bonchev–Trinajstić information content (AvgIpc) is 3.47. The molecular formula is C21H30N4O2S. The molecule has 28 heavy (non-hydrogen) atoms. The number of hydrogen-bond donors (Lipinski definition) is 0. The number of aromatic nitrogens is 3. The predicted molar refractivity (Wildman–Crippen MR) is 112 cm³/mol. The first-order valence-corrected chi connectivity index (χ1v) is 11.0. The summed E-state index contributed by atoms with van der Waals surface area (Å²) in [7, 11) is 1.89. The van der Waals surface area contributed by atoms with Crippen LogP contribution in [0.25, 0.3) is 0 Å². The van der Waals surface area contributed by atoms with E-state index in [0.717, 1.165) is 42.5 Å². The van der Waals surface area contributed by atoms with Crippen LogP contribution < -0.4 is 4.74 Å². The highest BCUT2D eigenvalue weighted by atomic mass is 32.2. The highest BCUT2D eigenvalue weighted by Gasteiger charge is 2.29. The number of benzene rings is 1. The van der Waals surface area contributed by atoms with E-state index in [2.05, 4.69) is 47.7 Å². The van der Waals surface area contributed by atoms with Crippen molar-refractivity contribution < 1.29 is 9.53 Å². The Labute approximate surface area is 171 Å². The van der Waals surface area contributed by atoms with Crippen LogP contribution in [0, 0.1) is 5.92 Å². The Kier molecular flexibility index (Phi) is 6.99. The largest absolute Gasteiger partial charge is 0.486 e. The van der Waals surface area contributed by atoms with Crippen molar-refractivity contribution in [3.63, 3.8) is 0 Å². The molecule has 0 bridgehead atoms. The molecule has 1 fully saturated rings. The van der Waals surface area contributed by atoms with Crippen LogP contribution in [0.3, 0.4) is 0 Å². The van der Waals surface area contributed by atoms with E-state index in [1.165, 1.54) is 17.3 Å². The van der Waals surface area contributed by atoms with Gasteiger partial charge in [-0.25, -0.2) is 0 Å². The van der Waals surface area contributed by atoms with Gasteiger partial charge in [-0.3, -0.25) is 4.79 Å². The van der Waals surface area contributed by atoms with Gasteiger partial charge in [-0.15, -0.1) is 10.2 Å². The summed E-state index contributed by atoms with van der Waals surface area (Å²) in [5.74, 6) is 2.61. The molecule has 1 amide bonds. The van der Waals surface area contributed by atoms with Gasteiger partial charge in [0.2, 0.25) is 5.91 Å². The maximum atomic E-state index is 12.3. The Balaban J connectivity index is 1.63. The van der Waals surface area contributed by atoms with Gasteiger partial charge < -0.3 is 14.2 Å². The summed E-state index contributed by atoms with van der Waals surface area (Å²) in [5.41, 5.74) is 1.29. The molecule has 0 atom stereocenters. The smallest absolute Gasteiger partial charge is 0.233 e. The van der Waals surface area contributed by atoms with Crippen molar-refractivity contribution in [3.8, 4) is 5.75 Å². The van der Waals surface area contributed by atoms with E-state index in [1.807, 2.05) is 24.1 Å². The predicted octanol–water partition coefficient (Wildman–Crippen LogP) is 3.79. The molecule has 0 saturated heterocycles. The molecule has 1 aromatic heterocycles. The molecule has 0 unspecified atom stereocenters. The fourth-order valence-electron chi connectivity index (χ4n) is 2.94. The molecule has 1 saturated carbocycles. The molecule has 0 spiro atoms. The molecule has 7 heteroatoms. The van der Waals surface area contributed by atoms with E-state index in [4.69, 9.17) is 4.74 Å². The second kappa shape index (κ2) is 9.45. The van der Waals surface area contributed by atoms with Crippen LogP contribution in [0.1, 0.15) is 45.0 Å². The fraction of sp³-hybridized carbons (Fsp3) is 0.571. The van der Waals surface area contributed by atoms with E-state index in [9.17, 15) is 4.79 Å². The quantitative estimate of drug-likeness (QED) is 0.566. The van der Waals surface area contributed by atoms with Gasteiger partial charge in [-0.2, -0.15) is 0 Å². The second-order valence-electron chi connectivity index (χ2n) is 7.71. The van der Waals surface area contributed by atoms with Crippen molar-refractivity contribution in [2.75, 3.05) is 12.8 Å². The van der Waals surface area contributed by atoms with Crippen molar-refractivity contribution >= 4 is 17.7 Å². The summed E-state index contributed by atoms with van der Waals surface area (Å²) in [6, 6.07) is 8.58.